The SMILES string of the molecule is COC(=O)[C@@H]1CCCN[C@@H]1C(=O)N(CCC(=O)O)NC(=O)OC(C)(C)C. The molecule has 1 saturated heterocycles. The van der Waals surface area contributed by atoms with Crippen molar-refractivity contribution in [1.29, 1.82) is 0 Å². The number of hydrogen-bond acceptors (Lipinski definition) is 7. The molecule has 0 aromatic heterocycles. The minimum atomic E-state index is -1.13. The molecule has 1 heterocycles. The molecule has 0 aromatic carbocycles. The van der Waals surface area contributed by atoms with E-state index in [1.54, 1.807) is 20.8 Å². The van der Waals surface area contributed by atoms with E-state index in [9.17, 15) is 19.2 Å². The molecule has 0 aliphatic carbocycles. The van der Waals surface area contributed by atoms with Crippen LogP contribution in [-0.2, 0) is 23.9 Å². The normalized spacial score (nSPS) is 20.0. The van der Waals surface area contributed by atoms with Crippen LogP contribution in [0.1, 0.15) is 40.0 Å². The van der Waals surface area contributed by atoms with Crippen molar-refractivity contribution < 1.29 is 33.8 Å². The van der Waals surface area contributed by atoms with Crippen molar-refractivity contribution in [3.63, 3.8) is 0 Å². The van der Waals surface area contributed by atoms with Gasteiger partial charge >= 0.3 is 18.0 Å². The minimum Gasteiger partial charge on any atom is -0.481 e. The number of carbonyl (C=O) groups is 4. The molecule has 10 nitrogen and oxygen atoms in total. The first-order valence-electron chi connectivity index (χ1n) is 8.39. The molecule has 10 heteroatoms. The van der Waals surface area contributed by atoms with E-state index in [0.29, 0.717) is 19.4 Å². The molecule has 0 radical (unpaired) electrons. The fourth-order valence-electron chi connectivity index (χ4n) is 2.56. The van der Waals surface area contributed by atoms with Crippen molar-refractivity contribution in [3.8, 4) is 0 Å². The molecule has 1 aliphatic rings. The number of nitrogens with zero attached hydrogens (tertiary/aromatic N) is 1. The summed E-state index contributed by atoms with van der Waals surface area (Å²) in [5.41, 5.74) is 1.48. The van der Waals surface area contributed by atoms with Gasteiger partial charge in [0.2, 0.25) is 0 Å². The number of hydrazine groups is 1. The van der Waals surface area contributed by atoms with Crippen molar-refractivity contribution in [2.45, 2.75) is 51.7 Å². The third-order valence-corrected chi connectivity index (χ3v) is 3.67. The number of hydrogen-bond donors (Lipinski definition) is 3. The van der Waals surface area contributed by atoms with Gasteiger partial charge < -0.3 is 19.9 Å². The Morgan fingerprint density at radius 1 is 1.27 bits per heavy atom. The number of aliphatic carboxylic acids is 1. The number of amides is 2. The Bertz CT molecular complexity index is 544. The lowest BCUT2D eigenvalue weighted by Crippen LogP contribution is -2.59. The van der Waals surface area contributed by atoms with E-state index >= 15 is 0 Å². The summed E-state index contributed by atoms with van der Waals surface area (Å²) >= 11 is 0. The van der Waals surface area contributed by atoms with E-state index in [4.69, 9.17) is 14.6 Å². The number of nitrogens with one attached hydrogen (secondary N) is 2. The molecule has 26 heavy (non-hydrogen) atoms. The largest absolute Gasteiger partial charge is 0.481 e. The summed E-state index contributed by atoms with van der Waals surface area (Å²) in [4.78, 5) is 47.6. The van der Waals surface area contributed by atoms with Crippen LogP contribution in [-0.4, -0.2) is 65.9 Å². The van der Waals surface area contributed by atoms with E-state index in [1.807, 2.05) is 0 Å². The number of carboxylic acids is 1. The van der Waals surface area contributed by atoms with Crippen molar-refractivity contribution in [3.05, 3.63) is 0 Å². The van der Waals surface area contributed by atoms with Gasteiger partial charge in [0.05, 0.1) is 26.0 Å². The molecule has 1 rings (SSSR count). The minimum absolute atomic E-state index is 0.264. The quantitative estimate of drug-likeness (QED) is 0.462. The molecule has 1 aliphatic heterocycles. The second kappa shape index (κ2) is 9.37. The lowest BCUT2D eigenvalue weighted by Gasteiger charge is -2.34. The zero-order chi connectivity index (χ0) is 19.9. The summed E-state index contributed by atoms with van der Waals surface area (Å²) in [6, 6.07) is -0.917. The second-order valence-electron chi connectivity index (χ2n) is 6.95. The first kappa shape index (κ1) is 21.7. The van der Waals surface area contributed by atoms with Crippen LogP contribution in [0.25, 0.3) is 0 Å². The Labute approximate surface area is 152 Å². The van der Waals surface area contributed by atoms with Crippen LogP contribution in [0, 0.1) is 5.92 Å². The predicted octanol–water partition coefficient (Wildman–Crippen LogP) is 0.271. The molecule has 0 spiro atoms. The van der Waals surface area contributed by atoms with Crippen molar-refractivity contribution >= 4 is 23.9 Å². The van der Waals surface area contributed by atoms with Crippen LogP contribution in [0.3, 0.4) is 0 Å². The lowest BCUT2D eigenvalue weighted by molar-refractivity contribution is -0.153. The summed E-state index contributed by atoms with van der Waals surface area (Å²) in [7, 11) is 1.24. The van der Waals surface area contributed by atoms with Gasteiger partial charge in [-0.25, -0.2) is 15.2 Å². The highest BCUT2D eigenvalue weighted by Gasteiger charge is 2.39. The fraction of sp³-hybridized carbons (Fsp3) is 0.750. The molecule has 0 bridgehead atoms. The van der Waals surface area contributed by atoms with E-state index in [0.717, 1.165) is 5.01 Å². The number of esters is 1. The van der Waals surface area contributed by atoms with Gasteiger partial charge in [-0.3, -0.25) is 14.4 Å². The first-order valence-corrected chi connectivity index (χ1v) is 8.39. The molecule has 0 saturated carbocycles. The van der Waals surface area contributed by atoms with Gasteiger partial charge in [0.25, 0.3) is 5.91 Å². The van der Waals surface area contributed by atoms with Gasteiger partial charge in [-0.05, 0) is 40.2 Å². The van der Waals surface area contributed by atoms with E-state index in [2.05, 4.69) is 10.7 Å². The maximum absolute atomic E-state index is 12.8. The fourth-order valence-corrected chi connectivity index (χ4v) is 2.56. The number of piperidine rings is 1. The molecule has 2 atom stereocenters. The summed E-state index contributed by atoms with van der Waals surface area (Å²) in [6.45, 7) is 5.23. The summed E-state index contributed by atoms with van der Waals surface area (Å²) in [5.74, 6) is -3.00. The Hall–Kier alpha value is -2.36. The maximum atomic E-state index is 12.8. The van der Waals surface area contributed by atoms with Gasteiger partial charge in [0.15, 0.2) is 0 Å². The van der Waals surface area contributed by atoms with Crippen LogP contribution < -0.4 is 10.7 Å². The van der Waals surface area contributed by atoms with Crippen molar-refractivity contribution in [1.82, 2.24) is 15.8 Å². The zero-order valence-corrected chi connectivity index (χ0v) is 15.5. The van der Waals surface area contributed by atoms with Crippen molar-refractivity contribution in [2.24, 2.45) is 5.92 Å². The van der Waals surface area contributed by atoms with E-state index in [-0.39, 0.29) is 13.0 Å². The highest BCUT2D eigenvalue weighted by atomic mass is 16.6. The molecule has 148 valence electrons. The molecule has 3 N–H and O–H groups in total. The van der Waals surface area contributed by atoms with Gasteiger partial charge in [-0.2, -0.15) is 0 Å². The zero-order valence-electron chi connectivity index (χ0n) is 15.5. The predicted molar refractivity (Wildman–Crippen MR) is 89.9 cm³/mol. The summed E-state index contributed by atoms with van der Waals surface area (Å²) < 4.78 is 9.84. The van der Waals surface area contributed by atoms with Gasteiger partial charge in [-0.15, -0.1) is 0 Å². The highest BCUT2D eigenvalue weighted by Crippen LogP contribution is 2.20. The average Bonchev–Trinajstić information content (AvgIpc) is 2.55. The number of ether oxygens (including phenoxy) is 2. The van der Waals surface area contributed by atoms with Crippen LogP contribution in [0.4, 0.5) is 4.79 Å². The van der Waals surface area contributed by atoms with Crippen LogP contribution in [0.2, 0.25) is 0 Å². The molecular weight excluding hydrogens is 346 g/mol. The number of carbonyl (C=O) groups excluding carboxylic acids is 3. The summed E-state index contributed by atoms with van der Waals surface area (Å²) in [6.07, 6.45) is -0.119. The molecule has 0 aromatic rings. The van der Waals surface area contributed by atoms with Gasteiger partial charge in [0, 0.05) is 0 Å². The highest BCUT2D eigenvalue weighted by molar-refractivity contribution is 5.89. The smallest absolute Gasteiger partial charge is 0.426 e. The molecular formula is C16H27N3O7. The monoisotopic (exact) mass is 373 g/mol. The number of rotatable bonds is 5. The van der Waals surface area contributed by atoms with Crippen LogP contribution in [0.15, 0.2) is 0 Å². The third-order valence-electron chi connectivity index (χ3n) is 3.67. The first-order chi connectivity index (χ1) is 12.0. The molecule has 2 amide bonds. The standard InChI is InChI=1S/C16H27N3O7/c1-16(2,3)26-15(24)18-19(9-7-11(20)21)13(22)12-10(14(23)25-4)6-5-8-17-12/h10,12,17H,5-9H2,1-4H3,(H,18,24)(H,20,21)/t10-,12+/m1/s1. The average molecular weight is 373 g/mol. The van der Waals surface area contributed by atoms with Crippen LogP contribution >= 0.6 is 0 Å². The topological polar surface area (TPSA) is 134 Å². The maximum Gasteiger partial charge on any atom is 0.426 e. The summed E-state index contributed by atoms with van der Waals surface area (Å²) in [5, 5.41) is 12.7. The van der Waals surface area contributed by atoms with Crippen LogP contribution in [0.5, 0.6) is 0 Å². The van der Waals surface area contributed by atoms with E-state index < -0.39 is 41.5 Å². The second-order valence-corrected chi connectivity index (χ2v) is 6.95. The van der Waals surface area contributed by atoms with E-state index in [1.165, 1.54) is 7.11 Å². The molecule has 1 fully saturated rings. The lowest BCUT2D eigenvalue weighted by atomic mass is 9.90. The third kappa shape index (κ3) is 6.87. The number of methoxy groups -OCH3 is 1. The Balaban J connectivity index is 2.92. The number of carboxylic acid groups (broad SMARTS) is 1. The van der Waals surface area contributed by atoms with Gasteiger partial charge in [0.1, 0.15) is 11.6 Å². The Morgan fingerprint density at radius 2 is 1.92 bits per heavy atom. The van der Waals surface area contributed by atoms with Gasteiger partial charge in [-0.1, -0.05) is 0 Å². The Morgan fingerprint density at radius 3 is 2.46 bits per heavy atom. The molecule has 0 unspecified atom stereocenters. The van der Waals surface area contributed by atoms with Crippen molar-refractivity contribution in [2.75, 3.05) is 20.2 Å². The Kier molecular flexibility index (Phi) is 7.81.